The van der Waals surface area contributed by atoms with Crippen LogP contribution in [-0.2, 0) is 20.9 Å². The highest BCUT2D eigenvalue weighted by Crippen LogP contribution is 2.40. The van der Waals surface area contributed by atoms with Crippen molar-refractivity contribution in [1.29, 1.82) is 0 Å². The van der Waals surface area contributed by atoms with Crippen LogP contribution in [0.1, 0.15) is 44.6 Å². The third-order valence-corrected chi connectivity index (χ3v) is 5.12. The molecule has 0 bridgehead atoms. The Morgan fingerprint density at radius 2 is 1.96 bits per heavy atom. The molecule has 0 aromatic heterocycles. The van der Waals surface area contributed by atoms with Crippen LogP contribution in [0.25, 0.3) is 0 Å². The van der Waals surface area contributed by atoms with Crippen molar-refractivity contribution in [2.45, 2.75) is 63.9 Å². The van der Waals surface area contributed by atoms with Gasteiger partial charge in [0, 0.05) is 12.5 Å². The molecule has 1 aliphatic carbocycles. The summed E-state index contributed by atoms with van der Waals surface area (Å²) in [7, 11) is 0. The third-order valence-electron chi connectivity index (χ3n) is 5.12. The molecule has 0 spiro atoms. The van der Waals surface area contributed by atoms with E-state index in [1.54, 1.807) is 11.8 Å². The van der Waals surface area contributed by atoms with Crippen LogP contribution in [0.3, 0.4) is 0 Å². The molecule has 25 heavy (non-hydrogen) atoms. The molecule has 1 aromatic rings. The summed E-state index contributed by atoms with van der Waals surface area (Å²) in [5.41, 5.74) is 6.69. The second kappa shape index (κ2) is 7.87. The van der Waals surface area contributed by atoms with E-state index in [1.165, 1.54) is 0 Å². The lowest BCUT2D eigenvalue weighted by Crippen LogP contribution is -2.50. The van der Waals surface area contributed by atoms with Gasteiger partial charge < -0.3 is 20.1 Å². The quantitative estimate of drug-likeness (QED) is 0.848. The number of benzene rings is 1. The number of carbonyl (C=O) groups is 2. The minimum absolute atomic E-state index is 0.124. The Labute approximate surface area is 148 Å². The maximum atomic E-state index is 12.5. The van der Waals surface area contributed by atoms with Crippen LogP contribution >= 0.6 is 0 Å². The van der Waals surface area contributed by atoms with Gasteiger partial charge in [0.15, 0.2) is 6.23 Å². The van der Waals surface area contributed by atoms with E-state index in [2.05, 4.69) is 0 Å². The number of amides is 1. The van der Waals surface area contributed by atoms with E-state index in [-0.39, 0.29) is 18.6 Å². The first kappa shape index (κ1) is 17.7. The van der Waals surface area contributed by atoms with Gasteiger partial charge in [-0.05, 0) is 31.2 Å². The molecule has 3 rings (SSSR count). The molecule has 1 heterocycles. The lowest BCUT2D eigenvalue weighted by Gasteiger charge is -2.34. The summed E-state index contributed by atoms with van der Waals surface area (Å²) in [5, 5.41) is 0. The molecule has 6 nitrogen and oxygen atoms in total. The van der Waals surface area contributed by atoms with Crippen molar-refractivity contribution in [2.24, 2.45) is 11.7 Å². The van der Waals surface area contributed by atoms with E-state index in [0.717, 1.165) is 31.2 Å². The Bertz CT molecular complexity index is 605. The molecule has 2 aliphatic rings. The molecule has 1 aromatic carbocycles. The van der Waals surface area contributed by atoms with E-state index < -0.39 is 18.4 Å². The van der Waals surface area contributed by atoms with Gasteiger partial charge in [-0.15, -0.1) is 0 Å². The van der Waals surface area contributed by atoms with E-state index in [9.17, 15) is 9.59 Å². The summed E-state index contributed by atoms with van der Waals surface area (Å²) in [6.45, 7) is 1.82. The minimum Gasteiger partial charge on any atom is -0.429 e. The van der Waals surface area contributed by atoms with Gasteiger partial charge in [0.1, 0.15) is 6.61 Å². The van der Waals surface area contributed by atoms with Gasteiger partial charge in [-0.1, -0.05) is 43.2 Å². The van der Waals surface area contributed by atoms with Crippen molar-refractivity contribution in [3.8, 4) is 0 Å². The predicted molar refractivity (Wildman–Crippen MR) is 92.4 cm³/mol. The summed E-state index contributed by atoms with van der Waals surface area (Å²) >= 11 is 0. The van der Waals surface area contributed by atoms with Gasteiger partial charge >= 0.3 is 6.16 Å². The van der Waals surface area contributed by atoms with Crippen molar-refractivity contribution in [3.63, 3.8) is 0 Å². The third kappa shape index (κ3) is 4.12. The number of rotatable bonds is 4. The van der Waals surface area contributed by atoms with Crippen LogP contribution in [0.2, 0.25) is 0 Å². The predicted octanol–water partition coefficient (Wildman–Crippen LogP) is 2.80. The average Bonchev–Trinajstić information content (AvgIpc) is 2.97. The number of hydrogen-bond acceptors (Lipinski definition) is 5. The minimum atomic E-state index is -0.741. The van der Waals surface area contributed by atoms with Gasteiger partial charge in [-0.25, -0.2) is 4.79 Å². The van der Waals surface area contributed by atoms with E-state index >= 15 is 0 Å². The van der Waals surface area contributed by atoms with Crippen LogP contribution in [0.5, 0.6) is 0 Å². The maximum Gasteiger partial charge on any atom is 0.510 e. The zero-order valence-corrected chi connectivity index (χ0v) is 14.6. The molecule has 6 heteroatoms. The molecule has 2 fully saturated rings. The standard InChI is InChI=1S/C19H26N2O4/c1-13(20)18(22)21-16-10-6-5-9-15(16)11-17(21)25-19(23)24-12-14-7-3-2-4-8-14/h2-4,7-8,13,15-17H,5-6,9-12,20H2,1H3/t13-,15?,16?,17?/m0/s1. The monoisotopic (exact) mass is 346 g/mol. The second-order valence-electron chi connectivity index (χ2n) is 6.98. The van der Waals surface area contributed by atoms with Gasteiger partial charge in [-0.3, -0.25) is 4.79 Å². The van der Waals surface area contributed by atoms with Crippen LogP contribution in [0, 0.1) is 5.92 Å². The number of ether oxygens (including phenoxy) is 2. The van der Waals surface area contributed by atoms with Crippen LogP contribution in [-0.4, -0.2) is 35.3 Å². The topological polar surface area (TPSA) is 81.9 Å². The molecule has 1 saturated carbocycles. The van der Waals surface area contributed by atoms with Crippen LogP contribution < -0.4 is 5.73 Å². The van der Waals surface area contributed by atoms with Gasteiger partial charge in [0.2, 0.25) is 5.91 Å². The van der Waals surface area contributed by atoms with Gasteiger partial charge in [0.25, 0.3) is 0 Å². The summed E-state index contributed by atoms with van der Waals surface area (Å²) in [4.78, 5) is 26.3. The van der Waals surface area contributed by atoms with Crippen molar-refractivity contribution >= 4 is 12.1 Å². The highest BCUT2D eigenvalue weighted by molar-refractivity contribution is 5.82. The van der Waals surface area contributed by atoms with Crippen LogP contribution in [0.15, 0.2) is 30.3 Å². The maximum absolute atomic E-state index is 12.5. The number of fused-ring (bicyclic) bond motifs is 1. The Balaban J connectivity index is 1.62. The van der Waals surface area contributed by atoms with Gasteiger partial charge in [0.05, 0.1) is 6.04 Å². The molecular formula is C19H26N2O4. The molecule has 1 aliphatic heterocycles. The van der Waals surface area contributed by atoms with Crippen molar-refractivity contribution in [1.82, 2.24) is 4.90 Å². The Morgan fingerprint density at radius 3 is 2.68 bits per heavy atom. The first-order valence-electron chi connectivity index (χ1n) is 9.01. The Kier molecular flexibility index (Phi) is 5.58. The fourth-order valence-electron chi connectivity index (χ4n) is 3.92. The fraction of sp³-hybridized carbons (Fsp3) is 0.579. The molecule has 1 saturated heterocycles. The fourth-order valence-corrected chi connectivity index (χ4v) is 3.92. The van der Waals surface area contributed by atoms with E-state index in [0.29, 0.717) is 12.3 Å². The molecule has 2 N–H and O–H groups in total. The number of carbonyl (C=O) groups excluding carboxylic acids is 2. The molecule has 0 radical (unpaired) electrons. The molecule has 1 amide bonds. The smallest absolute Gasteiger partial charge is 0.429 e. The first-order chi connectivity index (χ1) is 12.1. The zero-order chi connectivity index (χ0) is 17.8. The van der Waals surface area contributed by atoms with E-state index in [4.69, 9.17) is 15.2 Å². The largest absolute Gasteiger partial charge is 0.510 e. The molecule has 136 valence electrons. The molecular weight excluding hydrogens is 320 g/mol. The Morgan fingerprint density at radius 1 is 1.24 bits per heavy atom. The molecule has 4 atom stereocenters. The summed E-state index contributed by atoms with van der Waals surface area (Å²) < 4.78 is 10.7. The number of likely N-dealkylation sites (tertiary alicyclic amines) is 1. The normalized spacial score (nSPS) is 26.6. The molecule has 3 unspecified atom stereocenters. The van der Waals surface area contributed by atoms with Crippen LogP contribution in [0.4, 0.5) is 4.79 Å². The Hall–Kier alpha value is -2.08. The number of hydrogen-bond donors (Lipinski definition) is 1. The summed E-state index contributed by atoms with van der Waals surface area (Å²) in [6, 6.07) is 8.95. The highest BCUT2D eigenvalue weighted by atomic mass is 16.7. The average molecular weight is 346 g/mol. The first-order valence-corrected chi connectivity index (χ1v) is 9.01. The van der Waals surface area contributed by atoms with Crippen molar-refractivity contribution < 1.29 is 19.1 Å². The van der Waals surface area contributed by atoms with E-state index in [1.807, 2.05) is 30.3 Å². The van der Waals surface area contributed by atoms with Gasteiger partial charge in [-0.2, -0.15) is 0 Å². The number of nitrogens with zero attached hydrogens (tertiary/aromatic N) is 1. The second-order valence-corrected chi connectivity index (χ2v) is 6.98. The summed E-state index contributed by atoms with van der Waals surface area (Å²) in [6.07, 6.45) is 3.62. The zero-order valence-electron chi connectivity index (χ0n) is 14.6. The highest BCUT2D eigenvalue weighted by Gasteiger charge is 2.47. The van der Waals surface area contributed by atoms with Crippen molar-refractivity contribution in [2.75, 3.05) is 0 Å². The van der Waals surface area contributed by atoms with Crippen molar-refractivity contribution in [3.05, 3.63) is 35.9 Å². The summed E-state index contributed by atoms with van der Waals surface area (Å²) in [5.74, 6) is 0.221. The number of nitrogens with two attached hydrogens (primary N) is 1. The lowest BCUT2D eigenvalue weighted by atomic mass is 9.85. The SMILES string of the molecule is C[C@H](N)C(=O)N1C(OC(=O)OCc2ccccc2)CC2CCCCC21. The lowest BCUT2D eigenvalue weighted by molar-refractivity contribution is -0.144.